The lowest BCUT2D eigenvalue weighted by atomic mass is 9.81. The summed E-state index contributed by atoms with van der Waals surface area (Å²) in [6.45, 7) is 0.657. The molecule has 0 aromatic heterocycles. The van der Waals surface area contributed by atoms with E-state index in [9.17, 15) is 45.3 Å². The summed E-state index contributed by atoms with van der Waals surface area (Å²) >= 11 is 0. The normalized spacial score (nSPS) is 38.8. The van der Waals surface area contributed by atoms with Gasteiger partial charge >= 0.3 is 11.9 Å². The number of aliphatic hydroxyl groups excluding tert-OH is 4. The molecule has 0 bridgehead atoms. The zero-order chi connectivity index (χ0) is 27.8. The van der Waals surface area contributed by atoms with Crippen molar-refractivity contribution in [2.24, 2.45) is 11.8 Å². The van der Waals surface area contributed by atoms with E-state index in [-0.39, 0.29) is 17.7 Å². The lowest BCUT2D eigenvalue weighted by molar-refractivity contribution is -0.347. The van der Waals surface area contributed by atoms with Crippen molar-refractivity contribution in [1.82, 2.24) is 0 Å². The Labute approximate surface area is 216 Å². The number of fused-ring (bicyclic) bond motifs is 1. The molecule has 1 aliphatic carbocycles. The second kappa shape index (κ2) is 11.0. The maximum Gasteiger partial charge on any atom is 0.335 e. The Morgan fingerprint density at radius 1 is 1.13 bits per heavy atom. The van der Waals surface area contributed by atoms with Crippen LogP contribution in [0.5, 0.6) is 5.75 Å². The number of benzene rings is 1. The molecule has 4 rings (SSSR count). The Morgan fingerprint density at radius 3 is 2.45 bits per heavy atom. The predicted octanol–water partition coefficient (Wildman–Crippen LogP) is -1.15. The first-order chi connectivity index (χ1) is 17.9. The third-order valence-electron chi connectivity index (χ3n) is 7.02. The number of hydrogen-bond donors (Lipinski definition) is 7. The molecule has 2 aliphatic heterocycles. The minimum atomic E-state index is -1.77. The first-order valence-electron chi connectivity index (χ1n) is 11.9. The van der Waals surface area contributed by atoms with Crippen LogP contribution in [0.4, 0.5) is 0 Å². The summed E-state index contributed by atoms with van der Waals surface area (Å²) in [6, 6.07) is 5.90. The smallest absolute Gasteiger partial charge is 0.335 e. The number of carbonyl (C=O) groups is 2. The largest absolute Gasteiger partial charge is 0.508 e. The fourth-order valence-corrected chi connectivity index (χ4v) is 5.14. The maximum atomic E-state index is 12.5. The monoisotopic (exact) mass is 538 g/mol. The molecule has 3 aliphatic rings. The van der Waals surface area contributed by atoms with Crippen LogP contribution in [0.25, 0.3) is 6.08 Å². The van der Waals surface area contributed by atoms with Crippen molar-refractivity contribution in [1.29, 1.82) is 0 Å². The van der Waals surface area contributed by atoms with E-state index in [0.29, 0.717) is 5.56 Å². The van der Waals surface area contributed by atoms with Gasteiger partial charge in [-0.1, -0.05) is 12.1 Å². The number of carboxylic acids is 1. The lowest BCUT2D eigenvalue weighted by Crippen LogP contribution is -2.62. The van der Waals surface area contributed by atoms with E-state index in [4.69, 9.17) is 18.9 Å². The molecule has 7 N–H and O–H groups in total. The Bertz CT molecular complexity index is 1080. The summed E-state index contributed by atoms with van der Waals surface area (Å²) in [5.74, 6) is -4.43. The van der Waals surface area contributed by atoms with Crippen molar-refractivity contribution >= 4 is 18.0 Å². The number of aliphatic carboxylic acids is 1. The molecule has 1 saturated heterocycles. The highest BCUT2D eigenvalue weighted by Gasteiger charge is 2.59. The van der Waals surface area contributed by atoms with Crippen LogP contribution in [0.3, 0.4) is 0 Å². The van der Waals surface area contributed by atoms with E-state index >= 15 is 0 Å². The summed E-state index contributed by atoms with van der Waals surface area (Å²) in [7, 11) is 0. The number of carbonyl (C=O) groups excluding carboxylic acids is 1. The molecule has 13 heteroatoms. The fourth-order valence-electron chi connectivity index (χ4n) is 5.14. The van der Waals surface area contributed by atoms with Gasteiger partial charge in [-0.15, -0.1) is 0 Å². The van der Waals surface area contributed by atoms with Gasteiger partial charge in [-0.2, -0.15) is 0 Å². The number of aliphatic hydroxyl groups is 5. The van der Waals surface area contributed by atoms with Crippen molar-refractivity contribution in [2.75, 3.05) is 6.61 Å². The van der Waals surface area contributed by atoms with Crippen LogP contribution >= 0.6 is 0 Å². The predicted molar refractivity (Wildman–Crippen MR) is 125 cm³/mol. The molecule has 10 atom stereocenters. The quantitative estimate of drug-likeness (QED) is 0.161. The van der Waals surface area contributed by atoms with Gasteiger partial charge in [-0.25, -0.2) is 9.59 Å². The second-order valence-corrected chi connectivity index (χ2v) is 9.73. The third kappa shape index (κ3) is 5.54. The minimum Gasteiger partial charge on any atom is -0.508 e. The SMILES string of the molecule is C[C@@]1(O)C[C@H](O)[C@H]2C(C(=O)O)=CO[C@@H](O[C@H]3O[C@@H](CO)[C@@H](O)[C@@H](O)[C@H]3OC(=O)/C=C/c3ccc(O)cc3)[C@@H]21. The van der Waals surface area contributed by atoms with E-state index < -0.39 is 79.1 Å². The average Bonchev–Trinajstić information content (AvgIpc) is 3.11. The van der Waals surface area contributed by atoms with Gasteiger partial charge in [-0.3, -0.25) is 0 Å². The van der Waals surface area contributed by atoms with Gasteiger partial charge in [0.15, 0.2) is 6.10 Å². The molecule has 0 spiro atoms. The first kappa shape index (κ1) is 28.0. The van der Waals surface area contributed by atoms with Gasteiger partial charge in [0, 0.05) is 18.4 Å². The topological polar surface area (TPSA) is 213 Å². The standard InChI is InChI=1S/C25H30O13/c1-25(34)8-14(28)17-13(22(32)33)10-35-23(18(17)25)38-24-21(20(31)19(30)15(9-26)36-24)37-16(29)7-4-11-2-5-12(27)6-3-11/h2-7,10,14-15,17-21,23-24,26-28,30-31,34H,8-9H2,1H3,(H,32,33)/b7-4+/t14-,15-,17+,18+,19+,20+,21+,23-,24+,25+/m0/s1. The van der Waals surface area contributed by atoms with Crippen molar-refractivity contribution < 1.29 is 64.3 Å². The minimum absolute atomic E-state index is 0.0332. The van der Waals surface area contributed by atoms with Crippen molar-refractivity contribution in [3.63, 3.8) is 0 Å². The molecule has 0 unspecified atom stereocenters. The van der Waals surface area contributed by atoms with E-state index in [1.807, 2.05) is 0 Å². The summed E-state index contributed by atoms with van der Waals surface area (Å²) < 4.78 is 22.2. The van der Waals surface area contributed by atoms with Crippen LogP contribution < -0.4 is 0 Å². The van der Waals surface area contributed by atoms with Gasteiger partial charge in [0.25, 0.3) is 0 Å². The fraction of sp³-hybridized carbons (Fsp3) is 0.520. The van der Waals surface area contributed by atoms with Crippen LogP contribution in [0, 0.1) is 11.8 Å². The molecule has 2 fully saturated rings. The molecule has 1 aromatic carbocycles. The zero-order valence-corrected chi connectivity index (χ0v) is 20.2. The van der Waals surface area contributed by atoms with Gasteiger partial charge in [0.1, 0.15) is 24.1 Å². The Kier molecular flexibility index (Phi) is 8.09. The van der Waals surface area contributed by atoms with Crippen molar-refractivity contribution in [3.05, 3.63) is 47.7 Å². The molecule has 1 aromatic rings. The van der Waals surface area contributed by atoms with E-state index in [2.05, 4.69) is 0 Å². The second-order valence-electron chi connectivity index (χ2n) is 9.73. The molecule has 1 saturated carbocycles. The Balaban J connectivity index is 1.57. The Hall–Kier alpha value is -3.04. The van der Waals surface area contributed by atoms with Gasteiger partial charge in [0.05, 0.1) is 36.1 Å². The number of aromatic hydroxyl groups is 1. The van der Waals surface area contributed by atoms with E-state index in [1.54, 1.807) is 0 Å². The highest BCUT2D eigenvalue weighted by Crippen LogP contribution is 2.49. The van der Waals surface area contributed by atoms with Crippen LogP contribution in [0.15, 0.2) is 42.2 Å². The molecule has 38 heavy (non-hydrogen) atoms. The van der Waals surface area contributed by atoms with E-state index in [1.165, 1.54) is 37.3 Å². The highest BCUT2D eigenvalue weighted by molar-refractivity contribution is 5.88. The zero-order valence-electron chi connectivity index (χ0n) is 20.2. The number of hydrogen-bond acceptors (Lipinski definition) is 12. The molecule has 2 heterocycles. The van der Waals surface area contributed by atoms with Crippen LogP contribution in [-0.4, -0.2) is 103 Å². The summed E-state index contributed by atoms with van der Waals surface area (Å²) in [4.78, 5) is 24.2. The number of carboxylic acid groups (broad SMARTS) is 1. The molecule has 0 radical (unpaired) electrons. The number of ether oxygens (including phenoxy) is 4. The molecule has 0 amide bonds. The maximum absolute atomic E-state index is 12.5. The number of esters is 1. The van der Waals surface area contributed by atoms with Gasteiger partial charge in [0.2, 0.25) is 12.6 Å². The summed E-state index contributed by atoms with van der Waals surface area (Å²) in [5.41, 5.74) is -1.35. The summed E-state index contributed by atoms with van der Waals surface area (Å²) in [5, 5.41) is 70.9. The average molecular weight is 539 g/mol. The highest BCUT2D eigenvalue weighted by atomic mass is 16.8. The summed E-state index contributed by atoms with van der Waals surface area (Å²) in [6.07, 6.45) is -7.55. The van der Waals surface area contributed by atoms with Crippen molar-refractivity contribution in [3.8, 4) is 5.75 Å². The lowest BCUT2D eigenvalue weighted by Gasteiger charge is -2.44. The van der Waals surface area contributed by atoms with Gasteiger partial charge in [-0.05, 0) is 30.7 Å². The molecule has 208 valence electrons. The Morgan fingerprint density at radius 2 is 1.82 bits per heavy atom. The van der Waals surface area contributed by atoms with Crippen LogP contribution in [-0.2, 0) is 28.5 Å². The number of phenolic OH excluding ortho intramolecular Hbond substituents is 1. The van der Waals surface area contributed by atoms with Crippen LogP contribution in [0.1, 0.15) is 18.9 Å². The third-order valence-corrected chi connectivity index (χ3v) is 7.02. The van der Waals surface area contributed by atoms with Gasteiger partial charge < -0.3 is 54.7 Å². The van der Waals surface area contributed by atoms with E-state index in [0.717, 1.165) is 12.3 Å². The number of rotatable bonds is 7. The molecule has 13 nitrogen and oxygen atoms in total. The molecular weight excluding hydrogens is 508 g/mol. The van der Waals surface area contributed by atoms with Crippen molar-refractivity contribution in [2.45, 2.75) is 62.0 Å². The number of phenols is 1. The molecular formula is C25H30O13. The first-order valence-corrected chi connectivity index (χ1v) is 11.9. The van der Waals surface area contributed by atoms with Crippen LogP contribution in [0.2, 0.25) is 0 Å².